The molecule has 4 N–H and O–H groups in total. The monoisotopic (exact) mass is 446 g/mol. The number of anilines is 2. The van der Waals surface area contributed by atoms with Gasteiger partial charge in [0.2, 0.25) is 9.84 Å². The van der Waals surface area contributed by atoms with Gasteiger partial charge in [-0.1, -0.05) is 24.3 Å². The van der Waals surface area contributed by atoms with E-state index >= 15 is 0 Å². The second-order valence-corrected chi connectivity index (χ2v) is 9.79. The van der Waals surface area contributed by atoms with Crippen molar-refractivity contribution in [3.05, 3.63) is 77.9 Å². The Kier molecular flexibility index (Phi) is 5.66. The maximum atomic E-state index is 13.1. The quantitative estimate of drug-likeness (QED) is 0.404. The van der Waals surface area contributed by atoms with E-state index in [1.165, 1.54) is 37.3 Å². The molecule has 0 atom stereocenters. The molecule has 0 aliphatic heterocycles. The average molecular weight is 447 g/mol. The van der Waals surface area contributed by atoms with Crippen molar-refractivity contribution >= 4 is 37.2 Å². The molecule has 30 heavy (non-hydrogen) atoms. The first-order valence-corrected chi connectivity index (χ1v) is 11.5. The standard InChI is InChI=1S/C20H18N2O6S2/c1-13-7-9-16(12-18(13)30(26,27)28)29(24,25)19-11-15(8-10-17(19)21)22-20(23)14-5-3-2-4-6-14/h2-12H,21H2,1H3,(H,22,23)(H,26,27,28). The zero-order valence-corrected chi connectivity index (χ0v) is 17.4. The molecule has 0 aliphatic rings. The van der Waals surface area contributed by atoms with Crippen LogP contribution in [0.25, 0.3) is 0 Å². The van der Waals surface area contributed by atoms with Crippen molar-refractivity contribution in [2.45, 2.75) is 21.6 Å². The normalized spacial score (nSPS) is 11.8. The highest BCUT2D eigenvalue weighted by Crippen LogP contribution is 2.30. The van der Waals surface area contributed by atoms with Crippen LogP contribution in [0.1, 0.15) is 15.9 Å². The number of nitrogen functional groups attached to an aromatic ring is 1. The first-order chi connectivity index (χ1) is 14.0. The molecule has 0 fully saturated rings. The predicted octanol–water partition coefficient (Wildman–Crippen LogP) is 2.91. The van der Waals surface area contributed by atoms with Crippen LogP contribution in [0.3, 0.4) is 0 Å². The summed E-state index contributed by atoms with van der Waals surface area (Å²) in [6.45, 7) is 1.42. The van der Waals surface area contributed by atoms with Gasteiger partial charge in [-0.05, 0) is 55.0 Å². The number of hydrogen-bond acceptors (Lipinski definition) is 6. The van der Waals surface area contributed by atoms with E-state index in [4.69, 9.17) is 5.73 Å². The SMILES string of the molecule is Cc1ccc(S(=O)(=O)c2cc(NC(=O)c3ccccc3)ccc2N)cc1S(=O)(=O)O. The molecule has 156 valence electrons. The molecule has 8 nitrogen and oxygen atoms in total. The lowest BCUT2D eigenvalue weighted by Gasteiger charge is -2.12. The Balaban J connectivity index is 2.03. The molecule has 0 aliphatic carbocycles. The number of hydrogen-bond donors (Lipinski definition) is 3. The number of aryl methyl sites for hydroxylation is 1. The van der Waals surface area contributed by atoms with E-state index in [0.717, 1.165) is 6.07 Å². The molecule has 3 aromatic carbocycles. The van der Waals surface area contributed by atoms with Gasteiger partial charge in [0.05, 0.1) is 20.4 Å². The Bertz CT molecular complexity index is 1330. The molecule has 0 aromatic heterocycles. The molecule has 10 heteroatoms. The summed E-state index contributed by atoms with van der Waals surface area (Å²) in [5, 5.41) is 2.60. The minimum atomic E-state index is -4.62. The van der Waals surface area contributed by atoms with Crippen molar-refractivity contribution < 1.29 is 26.2 Å². The Hall–Kier alpha value is -3.21. The van der Waals surface area contributed by atoms with Crippen LogP contribution >= 0.6 is 0 Å². The van der Waals surface area contributed by atoms with E-state index in [-0.39, 0.29) is 26.7 Å². The number of amides is 1. The number of sulfone groups is 1. The lowest BCUT2D eigenvalue weighted by atomic mass is 10.2. The Morgan fingerprint density at radius 3 is 2.20 bits per heavy atom. The smallest absolute Gasteiger partial charge is 0.294 e. The van der Waals surface area contributed by atoms with Gasteiger partial charge in [-0.25, -0.2) is 8.42 Å². The molecular weight excluding hydrogens is 428 g/mol. The van der Waals surface area contributed by atoms with Crippen LogP contribution in [0.2, 0.25) is 0 Å². The summed E-state index contributed by atoms with van der Waals surface area (Å²) in [5.41, 5.74) is 6.53. The first-order valence-electron chi connectivity index (χ1n) is 8.59. The third kappa shape index (κ3) is 4.35. The molecule has 3 rings (SSSR count). The summed E-state index contributed by atoms with van der Waals surface area (Å²) in [5.74, 6) is -0.437. The Morgan fingerprint density at radius 1 is 0.900 bits per heavy atom. The minimum Gasteiger partial charge on any atom is -0.398 e. The zero-order chi connectivity index (χ0) is 22.1. The highest BCUT2D eigenvalue weighted by Gasteiger charge is 2.24. The molecule has 0 bridgehead atoms. The Labute approximate surface area is 174 Å². The predicted molar refractivity (Wildman–Crippen MR) is 112 cm³/mol. The topological polar surface area (TPSA) is 144 Å². The summed E-state index contributed by atoms with van der Waals surface area (Å²) in [6.07, 6.45) is 0. The third-order valence-electron chi connectivity index (χ3n) is 4.34. The molecule has 1 amide bonds. The van der Waals surface area contributed by atoms with Gasteiger partial charge in [0.25, 0.3) is 16.0 Å². The van der Waals surface area contributed by atoms with Gasteiger partial charge in [0, 0.05) is 11.3 Å². The van der Waals surface area contributed by atoms with E-state index in [1.54, 1.807) is 30.3 Å². The summed E-state index contributed by atoms with van der Waals surface area (Å²) in [4.78, 5) is 11.1. The number of nitrogens with one attached hydrogen (secondary N) is 1. The molecule has 3 aromatic rings. The van der Waals surface area contributed by atoms with Gasteiger partial charge in [-0.2, -0.15) is 8.42 Å². The lowest BCUT2D eigenvalue weighted by molar-refractivity contribution is 0.102. The summed E-state index contributed by atoms with van der Waals surface area (Å²) < 4.78 is 58.6. The second kappa shape index (κ2) is 7.90. The number of rotatable bonds is 5. The van der Waals surface area contributed by atoms with Crippen LogP contribution < -0.4 is 11.1 Å². The zero-order valence-electron chi connectivity index (χ0n) is 15.7. The number of carbonyl (C=O) groups is 1. The van der Waals surface area contributed by atoms with E-state index in [1.807, 2.05) is 0 Å². The molecule has 0 radical (unpaired) electrons. The fraction of sp³-hybridized carbons (Fsp3) is 0.0500. The van der Waals surface area contributed by atoms with Crippen molar-refractivity contribution in [3.8, 4) is 0 Å². The van der Waals surface area contributed by atoms with Gasteiger partial charge in [-0.3, -0.25) is 9.35 Å². The van der Waals surface area contributed by atoms with Crippen molar-refractivity contribution in [2.24, 2.45) is 0 Å². The highest BCUT2D eigenvalue weighted by atomic mass is 32.2. The average Bonchev–Trinajstić information content (AvgIpc) is 2.69. The first kappa shape index (κ1) is 21.5. The summed E-state index contributed by atoms with van der Waals surface area (Å²) >= 11 is 0. The number of benzene rings is 3. The Morgan fingerprint density at radius 2 is 1.57 bits per heavy atom. The van der Waals surface area contributed by atoms with Crippen LogP contribution in [-0.4, -0.2) is 27.3 Å². The van der Waals surface area contributed by atoms with E-state index < -0.39 is 30.8 Å². The third-order valence-corrected chi connectivity index (χ3v) is 7.15. The number of carbonyl (C=O) groups excluding carboxylic acids is 1. The maximum Gasteiger partial charge on any atom is 0.294 e. The number of nitrogens with two attached hydrogens (primary N) is 1. The van der Waals surface area contributed by atoms with Crippen LogP contribution in [0.15, 0.2) is 81.4 Å². The van der Waals surface area contributed by atoms with Crippen molar-refractivity contribution in [1.29, 1.82) is 0 Å². The fourth-order valence-corrected chi connectivity index (χ4v) is 5.05. The summed E-state index contributed by atoms with van der Waals surface area (Å²) in [6, 6.07) is 15.7. The minimum absolute atomic E-state index is 0.0818. The molecule has 0 saturated carbocycles. The molecular formula is C20H18N2O6S2. The van der Waals surface area contributed by atoms with Crippen molar-refractivity contribution in [1.82, 2.24) is 0 Å². The van der Waals surface area contributed by atoms with Crippen LogP contribution in [0.5, 0.6) is 0 Å². The molecule has 0 spiro atoms. The van der Waals surface area contributed by atoms with Gasteiger partial charge >= 0.3 is 0 Å². The lowest BCUT2D eigenvalue weighted by Crippen LogP contribution is -2.13. The van der Waals surface area contributed by atoms with Crippen molar-refractivity contribution in [3.63, 3.8) is 0 Å². The van der Waals surface area contributed by atoms with Gasteiger partial charge in [0.15, 0.2) is 0 Å². The maximum absolute atomic E-state index is 13.1. The van der Waals surface area contributed by atoms with E-state index in [2.05, 4.69) is 5.32 Å². The molecule has 0 heterocycles. The van der Waals surface area contributed by atoms with E-state index in [9.17, 15) is 26.2 Å². The van der Waals surface area contributed by atoms with E-state index in [0.29, 0.717) is 5.56 Å². The van der Waals surface area contributed by atoms with Crippen LogP contribution in [-0.2, 0) is 20.0 Å². The fourth-order valence-electron chi connectivity index (χ4n) is 2.79. The molecule has 0 unspecified atom stereocenters. The largest absolute Gasteiger partial charge is 0.398 e. The summed E-state index contributed by atoms with van der Waals surface area (Å²) in [7, 11) is -8.86. The van der Waals surface area contributed by atoms with Gasteiger partial charge in [-0.15, -0.1) is 0 Å². The van der Waals surface area contributed by atoms with Crippen molar-refractivity contribution in [2.75, 3.05) is 11.1 Å². The van der Waals surface area contributed by atoms with Gasteiger partial charge in [0.1, 0.15) is 0 Å². The molecule has 0 saturated heterocycles. The highest BCUT2D eigenvalue weighted by molar-refractivity contribution is 7.91. The van der Waals surface area contributed by atoms with Gasteiger partial charge < -0.3 is 11.1 Å². The van der Waals surface area contributed by atoms with Crippen LogP contribution in [0, 0.1) is 6.92 Å². The van der Waals surface area contributed by atoms with Crippen LogP contribution in [0.4, 0.5) is 11.4 Å². The second-order valence-electron chi connectivity index (χ2n) is 6.48.